The van der Waals surface area contributed by atoms with Crippen molar-refractivity contribution in [1.82, 2.24) is 14.9 Å². The summed E-state index contributed by atoms with van der Waals surface area (Å²) in [5.74, 6) is 1.04. The highest BCUT2D eigenvalue weighted by atomic mass is 35.5. The van der Waals surface area contributed by atoms with Crippen LogP contribution < -0.4 is 5.32 Å². The van der Waals surface area contributed by atoms with E-state index >= 15 is 0 Å². The number of fused-ring (bicyclic) bond motifs is 1. The molecule has 1 aromatic heterocycles. The zero-order chi connectivity index (χ0) is 22.5. The summed E-state index contributed by atoms with van der Waals surface area (Å²) in [7, 11) is 0. The number of para-hydroxylation sites is 2. The van der Waals surface area contributed by atoms with Crippen LogP contribution in [0.1, 0.15) is 34.5 Å². The number of hydrogen-bond acceptors (Lipinski definition) is 2. The highest BCUT2D eigenvalue weighted by Gasteiger charge is 2.12. The molecule has 164 valence electrons. The lowest BCUT2D eigenvalue weighted by Crippen LogP contribution is -2.26. The Morgan fingerprint density at radius 2 is 1.78 bits per heavy atom. The number of nitrogens with one attached hydrogen (secondary N) is 1. The lowest BCUT2D eigenvalue weighted by Gasteiger charge is -2.13. The molecule has 5 heteroatoms. The van der Waals surface area contributed by atoms with Gasteiger partial charge in [0.1, 0.15) is 5.82 Å². The molecule has 1 heterocycles. The Balaban J connectivity index is 1.43. The topological polar surface area (TPSA) is 46.9 Å². The predicted molar refractivity (Wildman–Crippen MR) is 131 cm³/mol. The fourth-order valence-electron chi connectivity index (χ4n) is 3.99. The maximum Gasteiger partial charge on any atom is 0.224 e. The van der Waals surface area contributed by atoms with Gasteiger partial charge in [0, 0.05) is 24.5 Å². The number of imidazole rings is 1. The number of rotatable bonds is 8. The van der Waals surface area contributed by atoms with Crippen molar-refractivity contribution in [3.63, 3.8) is 0 Å². The van der Waals surface area contributed by atoms with Crippen LogP contribution in [-0.2, 0) is 24.2 Å². The first-order valence-electron chi connectivity index (χ1n) is 11.0. The Hall–Kier alpha value is -3.11. The Morgan fingerprint density at radius 3 is 2.62 bits per heavy atom. The molecule has 1 amide bonds. The molecule has 0 bridgehead atoms. The maximum atomic E-state index is 12.3. The predicted octanol–water partition coefficient (Wildman–Crippen LogP) is 5.65. The van der Waals surface area contributed by atoms with E-state index in [0.717, 1.165) is 41.8 Å². The molecule has 1 N–H and O–H groups in total. The number of nitrogens with zero attached hydrogens (tertiary/aromatic N) is 2. The van der Waals surface area contributed by atoms with Crippen molar-refractivity contribution in [1.29, 1.82) is 0 Å². The van der Waals surface area contributed by atoms with Crippen LogP contribution in [-0.4, -0.2) is 22.0 Å². The van der Waals surface area contributed by atoms with E-state index in [1.54, 1.807) is 0 Å². The van der Waals surface area contributed by atoms with Gasteiger partial charge >= 0.3 is 0 Å². The molecule has 0 unspecified atom stereocenters. The summed E-state index contributed by atoms with van der Waals surface area (Å²) in [5.41, 5.74) is 6.86. The van der Waals surface area contributed by atoms with Crippen LogP contribution >= 0.6 is 11.6 Å². The first-order valence-corrected chi connectivity index (χ1v) is 11.4. The zero-order valence-electron chi connectivity index (χ0n) is 18.6. The average Bonchev–Trinajstić information content (AvgIpc) is 3.13. The molecular formula is C27H28ClN3O. The minimum atomic E-state index is -0.0120. The summed E-state index contributed by atoms with van der Waals surface area (Å²) in [6, 6.07) is 22.3. The number of aromatic nitrogens is 2. The molecule has 3 aromatic carbocycles. The van der Waals surface area contributed by atoms with Gasteiger partial charge in [0.2, 0.25) is 5.91 Å². The van der Waals surface area contributed by atoms with Crippen LogP contribution in [0.25, 0.3) is 11.0 Å². The Bertz CT molecular complexity index is 1240. The molecule has 0 fully saturated rings. The molecule has 0 aliphatic rings. The van der Waals surface area contributed by atoms with Gasteiger partial charge in [-0.05, 0) is 55.2 Å². The standard InChI is InChI=1S/C27H28ClN3O/c1-19-13-14-20(2)22(16-19)18-31-25-11-6-5-10-24(25)30-26(31)12-7-15-29-27(32)17-21-8-3-4-9-23(21)28/h3-6,8-11,13-14,16H,7,12,15,17-18H2,1-2H3,(H,29,32). The largest absolute Gasteiger partial charge is 0.356 e. The SMILES string of the molecule is Cc1ccc(C)c(Cn2c(CCCNC(=O)Cc3ccccc3Cl)nc3ccccc32)c1. The summed E-state index contributed by atoms with van der Waals surface area (Å²) in [6.45, 7) is 5.68. The summed E-state index contributed by atoms with van der Waals surface area (Å²) < 4.78 is 2.31. The van der Waals surface area contributed by atoms with Gasteiger partial charge in [-0.15, -0.1) is 0 Å². The number of halogens is 1. The van der Waals surface area contributed by atoms with E-state index < -0.39 is 0 Å². The molecule has 4 nitrogen and oxygen atoms in total. The number of hydrogen-bond donors (Lipinski definition) is 1. The van der Waals surface area contributed by atoms with Crippen LogP contribution in [0.2, 0.25) is 5.02 Å². The Labute approximate surface area is 194 Å². The first kappa shape index (κ1) is 22.1. The van der Waals surface area contributed by atoms with Gasteiger partial charge in [-0.2, -0.15) is 0 Å². The third-order valence-corrected chi connectivity index (χ3v) is 6.14. The molecular weight excluding hydrogens is 418 g/mol. The van der Waals surface area contributed by atoms with Crippen molar-refractivity contribution in [2.75, 3.05) is 6.54 Å². The average molecular weight is 446 g/mol. The van der Waals surface area contributed by atoms with Gasteiger partial charge in [-0.25, -0.2) is 4.98 Å². The van der Waals surface area contributed by atoms with E-state index in [1.807, 2.05) is 30.3 Å². The van der Waals surface area contributed by atoms with E-state index in [9.17, 15) is 4.79 Å². The van der Waals surface area contributed by atoms with Crippen LogP contribution in [0.4, 0.5) is 0 Å². The quantitative estimate of drug-likeness (QED) is 0.356. The van der Waals surface area contributed by atoms with E-state index in [1.165, 1.54) is 16.7 Å². The molecule has 0 saturated carbocycles. The van der Waals surface area contributed by atoms with E-state index in [2.05, 4.69) is 60.1 Å². The smallest absolute Gasteiger partial charge is 0.224 e. The van der Waals surface area contributed by atoms with Crippen molar-refractivity contribution < 1.29 is 4.79 Å². The van der Waals surface area contributed by atoms with Crippen LogP contribution in [0, 0.1) is 13.8 Å². The van der Waals surface area contributed by atoms with Gasteiger partial charge in [-0.1, -0.05) is 65.7 Å². The second kappa shape index (κ2) is 10.0. The Kier molecular flexibility index (Phi) is 6.91. The van der Waals surface area contributed by atoms with E-state index in [0.29, 0.717) is 18.0 Å². The molecule has 0 atom stereocenters. The lowest BCUT2D eigenvalue weighted by atomic mass is 10.1. The third kappa shape index (κ3) is 5.20. The monoisotopic (exact) mass is 445 g/mol. The number of amides is 1. The van der Waals surface area contributed by atoms with E-state index in [-0.39, 0.29) is 5.91 Å². The molecule has 0 aliphatic carbocycles. The van der Waals surface area contributed by atoms with Gasteiger partial charge in [0.15, 0.2) is 0 Å². The van der Waals surface area contributed by atoms with Crippen LogP contribution in [0.3, 0.4) is 0 Å². The van der Waals surface area contributed by atoms with Gasteiger partial charge in [0.25, 0.3) is 0 Å². The van der Waals surface area contributed by atoms with Gasteiger partial charge in [-0.3, -0.25) is 4.79 Å². The van der Waals surface area contributed by atoms with Crippen molar-refractivity contribution in [3.8, 4) is 0 Å². The molecule has 0 spiro atoms. The first-order chi connectivity index (χ1) is 15.5. The van der Waals surface area contributed by atoms with Crippen molar-refractivity contribution in [2.24, 2.45) is 0 Å². The van der Waals surface area contributed by atoms with Crippen molar-refractivity contribution in [3.05, 3.63) is 99.8 Å². The van der Waals surface area contributed by atoms with Crippen molar-refractivity contribution >= 4 is 28.5 Å². The molecule has 4 rings (SSSR count). The van der Waals surface area contributed by atoms with Gasteiger partial charge in [0.05, 0.1) is 17.5 Å². The molecule has 32 heavy (non-hydrogen) atoms. The van der Waals surface area contributed by atoms with Crippen LogP contribution in [0.5, 0.6) is 0 Å². The lowest BCUT2D eigenvalue weighted by molar-refractivity contribution is -0.120. The third-order valence-electron chi connectivity index (χ3n) is 5.77. The minimum Gasteiger partial charge on any atom is -0.356 e. The number of aryl methyl sites for hydroxylation is 3. The van der Waals surface area contributed by atoms with Crippen molar-refractivity contribution in [2.45, 2.75) is 39.7 Å². The summed E-state index contributed by atoms with van der Waals surface area (Å²) in [5, 5.41) is 3.64. The number of carbonyl (C=O) groups is 1. The molecule has 0 saturated heterocycles. The van der Waals surface area contributed by atoms with E-state index in [4.69, 9.17) is 16.6 Å². The second-order valence-corrected chi connectivity index (χ2v) is 8.66. The fraction of sp³-hybridized carbons (Fsp3) is 0.259. The highest BCUT2D eigenvalue weighted by Crippen LogP contribution is 2.21. The van der Waals surface area contributed by atoms with Crippen LogP contribution in [0.15, 0.2) is 66.7 Å². The molecule has 4 aromatic rings. The number of carbonyl (C=O) groups excluding carboxylic acids is 1. The summed E-state index contributed by atoms with van der Waals surface area (Å²) in [4.78, 5) is 17.2. The summed E-state index contributed by atoms with van der Waals surface area (Å²) >= 11 is 6.16. The molecule has 0 aliphatic heterocycles. The fourth-order valence-corrected chi connectivity index (χ4v) is 4.19. The Morgan fingerprint density at radius 1 is 1.00 bits per heavy atom. The summed E-state index contributed by atoms with van der Waals surface area (Å²) in [6.07, 6.45) is 1.92. The highest BCUT2D eigenvalue weighted by molar-refractivity contribution is 6.31. The zero-order valence-corrected chi connectivity index (χ0v) is 19.3. The minimum absolute atomic E-state index is 0.0120. The number of benzene rings is 3. The second-order valence-electron chi connectivity index (χ2n) is 8.25. The molecule has 0 radical (unpaired) electrons. The van der Waals surface area contributed by atoms with Gasteiger partial charge < -0.3 is 9.88 Å². The maximum absolute atomic E-state index is 12.3. The normalized spacial score (nSPS) is 11.1.